The highest BCUT2D eigenvalue weighted by Gasteiger charge is 2.57. The van der Waals surface area contributed by atoms with Gasteiger partial charge >= 0.3 is 0 Å². The second kappa shape index (κ2) is 4.55. The van der Waals surface area contributed by atoms with Gasteiger partial charge in [-0.3, -0.25) is 0 Å². The molecule has 2 aromatic rings. The van der Waals surface area contributed by atoms with E-state index in [1.807, 2.05) is 0 Å². The molecule has 1 saturated carbocycles. The summed E-state index contributed by atoms with van der Waals surface area (Å²) in [6.45, 7) is 7.28. The Labute approximate surface area is 133 Å². The van der Waals surface area contributed by atoms with Crippen LogP contribution in [0, 0.1) is 16.7 Å². The minimum absolute atomic E-state index is 0.264. The van der Waals surface area contributed by atoms with Crippen molar-refractivity contribution in [2.45, 2.75) is 33.6 Å². The number of allylic oxidation sites excluding steroid dienone is 2. The number of rotatable bonds is 2. The number of pyridine rings is 1. The summed E-state index contributed by atoms with van der Waals surface area (Å²) in [6.07, 6.45) is 5.11. The van der Waals surface area contributed by atoms with E-state index in [0.29, 0.717) is 11.3 Å². The van der Waals surface area contributed by atoms with E-state index in [4.69, 9.17) is 4.98 Å². The van der Waals surface area contributed by atoms with Crippen molar-refractivity contribution in [3.8, 4) is 11.3 Å². The summed E-state index contributed by atoms with van der Waals surface area (Å²) in [7, 11) is 0. The summed E-state index contributed by atoms with van der Waals surface area (Å²) in [5.41, 5.74) is 5.51. The molecule has 1 fully saturated rings. The number of benzene rings is 1. The Morgan fingerprint density at radius 1 is 0.909 bits per heavy atom. The normalized spacial score (nSPS) is 28.7. The Kier molecular flexibility index (Phi) is 2.84. The molecule has 22 heavy (non-hydrogen) atoms. The highest BCUT2D eigenvalue weighted by molar-refractivity contribution is 5.74. The van der Waals surface area contributed by atoms with Gasteiger partial charge in [0.1, 0.15) is 0 Å². The summed E-state index contributed by atoms with van der Waals surface area (Å²) in [5.74, 6) is 0.703. The third-order valence-electron chi connectivity index (χ3n) is 6.36. The van der Waals surface area contributed by atoms with Crippen LogP contribution in [0.25, 0.3) is 16.8 Å². The van der Waals surface area contributed by atoms with Crippen molar-refractivity contribution in [2.75, 3.05) is 0 Å². The van der Waals surface area contributed by atoms with Gasteiger partial charge in [0.15, 0.2) is 0 Å². The maximum absolute atomic E-state index is 4.99. The van der Waals surface area contributed by atoms with Crippen molar-refractivity contribution in [2.24, 2.45) is 16.7 Å². The largest absolute Gasteiger partial charge is 0.248 e. The van der Waals surface area contributed by atoms with E-state index >= 15 is 0 Å². The number of nitrogens with zero attached hydrogens (tertiary/aromatic N) is 1. The molecule has 0 unspecified atom stereocenters. The minimum atomic E-state index is 0.264. The van der Waals surface area contributed by atoms with Gasteiger partial charge in [0, 0.05) is 5.56 Å². The lowest BCUT2D eigenvalue weighted by atomic mass is 9.67. The fourth-order valence-electron chi connectivity index (χ4n) is 4.42. The van der Waals surface area contributed by atoms with Crippen molar-refractivity contribution in [1.82, 2.24) is 4.98 Å². The molecule has 112 valence electrons. The molecule has 1 nitrogen and oxygen atoms in total. The molecule has 1 aromatic heterocycles. The number of fused-ring (bicyclic) bond motifs is 2. The van der Waals surface area contributed by atoms with E-state index in [9.17, 15) is 0 Å². The molecule has 0 amide bonds. The van der Waals surface area contributed by atoms with Crippen LogP contribution < -0.4 is 0 Å². The first kappa shape index (κ1) is 13.8. The van der Waals surface area contributed by atoms with Crippen LogP contribution in [0.15, 0.2) is 54.6 Å². The molecule has 0 saturated heterocycles. The van der Waals surface area contributed by atoms with Crippen LogP contribution in [0.1, 0.15) is 39.3 Å². The molecule has 2 bridgehead atoms. The van der Waals surface area contributed by atoms with E-state index in [1.165, 1.54) is 29.7 Å². The van der Waals surface area contributed by atoms with Gasteiger partial charge in [0.2, 0.25) is 0 Å². The fourth-order valence-corrected chi connectivity index (χ4v) is 4.42. The predicted molar refractivity (Wildman–Crippen MR) is 92.3 cm³/mol. The quantitative estimate of drug-likeness (QED) is 0.702. The molecule has 0 radical (unpaired) electrons. The zero-order chi connectivity index (χ0) is 15.4. The second-order valence-corrected chi connectivity index (χ2v) is 7.55. The lowest BCUT2D eigenvalue weighted by Crippen LogP contribution is -2.29. The average molecular weight is 289 g/mol. The van der Waals surface area contributed by atoms with Crippen LogP contribution in [-0.4, -0.2) is 4.98 Å². The molecule has 4 rings (SSSR count). The zero-order valence-electron chi connectivity index (χ0n) is 13.6. The smallest absolute Gasteiger partial charge is 0.0709 e. The topological polar surface area (TPSA) is 12.9 Å². The van der Waals surface area contributed by atoms with Gasteiger partial charge in [-0.05, 0) is 47.3 Å². The maximum Gasteiger partial charge on any atom is 0.0709 e. The van der Waals surface area contributed by atoms with Gasteiger partial charge in [-0.15, -0.1) is 0 Å². The fraction of sp³-hybridized carbons (Fsp3) is 0.381. The summed E-state index contributed by atoms with van der Waals surface area (Å²) in [6, 6.07) is 16.9. The van der Waals surface area contributed by atoms with E-state index < -0.39 is 0 Å². The first-order valence-corrected chi connectivity index (χ1v) is 8.27. The maximum atomic E-state index is 4.99. The molecule has 1 heterocycles. The van der Waals surface area contributed by atoms with Gasteiger partial charge in [0.05, 0.1) is 11.4 Å². The van der Waals surface area contributed by atoms with Crippen molar-refractivity contribution in [3.63, 3.8) is 0 Å². The van der Waals surface area contributed by atoms with Gasteiger partial charge < -0.3 is 0 Å². The van der Waals surface area contributed by atoms with Gasteiger partial charge in [0.25, 0.3) is 0 Å². The first-order chi connectivity index (χ1) is 10.5. The molecule has 1 aromatic carbocycles. The highest BCUT2D eigenvalue weighted by atomic mass is 14.7. The summed E-state index contributed by atoms with van der Waals surface area (Å²) >= 11 is 0. The minimum Gasteiger partial charge on any atom is -0.248 e. The Bertz CT molecular complexity index is 742. The Hall–Kier alpha value is -1.89. The van der Waals surface area contributed by atoms with Gasteiger partial charge in [-0.1, -0.05) is 63.2 Å². The molecule has 2 aliphatic rings. The van der Waals surface area contributed by atoms with E-state index in [0.717, 1.165) is 5.69 Å². The molecule has 1 heteroatoms. The van der Waals surface area contributed by atoms with Crippen LogP contribution in [-0.2, 0) is 0 Å². The average Bonchev–Trinajstić information content (AvgIpc) is 2.89. The molecule has 0 spiro atoms. The number of hydrogen-bond acceptors (Lipinski definition) is 1. The summed E-state index contributed by atoms with van der Waals surface area (Å²) in [5, 5.41) is 0. The SMILES string of the molecule is CC1(C)[C@H]2C=C(c3cccc(-c4ccccc4)n3)[C@@]1(C)CC2. The standard InChI is InChI=1S/C21H23N/c1-20(2)16-12-13-21(20,3)17(14-16)19-11-7-10-18(22-19)15-8-5-4-6-9-15/h4-11,14,16H,12-13H2,1-3H3/t16-,21-/m1/s1. The van der Waals surface area contributed by atoms with Crippen molar-refractivity contribution in [1.29, 1.82) is 0 Å². The van der Waals surface area contributed by atoms with Crippen molar-refractivity contribution >= 4 is 5.57 Å². The lowest BCUT2D eigenvalue weighted by Gasteiger charge is -2.37. The highest BCUT2D eigenvalue weighted by Crippen LogP contribution is 2.67. The Balaban J connectivity index is 1.78. The molecule has 0 N–H and O–H groups in total. The Morgan fingerprint density at radius 2 is 1.64 bits per heavy atom. The molecule has 0 aliphatic heterocycles. The Morgan fingerprint density at radius 3 is 2.27 bits per heavy atom. The van der Waals surface area contributed by atoms with Crippen LogP contribution in [0.3, 0.4) is 0 Å². The van der Waals surface area contributed by atoms with Crippen LogP contribution in [0.5, 0.6) is 0 Å². The third-order valence-corrected chi connectivity index (χ3v) is 6.36. The van der Waals surface area contributed by atoms with E-state index in [-0.39, 0.29) is 5.41 Å². The van der Waals surface area contributed by atoms with Gasteiger partial charge in [-0.2, -0.15) is 0 Å². The first-order valence-electron chi connectivity index (χ1n) is 8.27. The molecule has 2 atom stereocenters. The monoisotopic (exact) mass is 289 g/mol. The summed E-state index contributed by atoms with van der Waals surface area (Å²) < 4.78 is 0. The molecular weight excluding hydrogens is 266 g/mol. The van der Waals surface area contributed by atoms with Crippen molar-refractivity contribution < 1.29 is 0 Å². The summed E-state index contributed by atoms with van der Waals surface area (Å²) in [4.78, 5) is 4.99. The van der Waals surface area contributed by atoms with Crippen molar-refractivity contribution in [3.05, 3.63) is 60.3 Å². The van der Waals surface area contributed by atoms with Crippen LogP contribution in [0.2, 0.25) is 0 Å². The number of hydrogen-bond donors (Lipinski definition) is 0. The predicted octanol–water partition coefficient (Wildman–Crippen LogP) is 5.59. The van der Waals surface area contributed by atoms with Gasteiger partial charge in [-0.25, -0.2) is 4.98 Å². The van der Waals surface area contributed by atoms with E-state index in [2.05, 4.69) is 75.4 Å². The molecule has 2 aliphatic carbocycles. The molecular formula is C21H23N. The third kappa shape index (κ3) is 1.75. The van der Waals surface area contributed by atoms with Crippen LogP contribution in [0.4, 0.5) is 0 Å². The zero-order valence-corrected chi connectivity index (χ0v) is 13.6. The van der Waals surface area contributed by atoms with E-state index in [1.54, 1.807) is 0 Å². The van der Waals surface area contributed by atoms with Crippen LogP contribution >= 0.6 is 0 Å². The second-order valence-electron chi connectivity index (χ2n) is 7.55. The lowest BCUT2D eigenvalue weighted by molar-refractivity contribution is 0.189. The number of aromatic nitrogens is 1.